The van der Waals surface area contributed by atoms with Crippen molar-refractivity contribution in [3.05, 3.63) is 0 Å². The van der Waals surface area contributed by atoms with Gasteiger partial charge in [-0.2, -0.15) is 0 Å². The zero-order valence-corrected chi connectivity index (χ0v) is 7.45. The molecule has 2 unspecified atom stereocenters. The third-order valence-electron chi connectivity index (χ3n) is 2.62. The van der Waals surface area contributed by atoms with E-state index in [1.54, 1.807) is 0 Å². The molecule has 0 aliphatic heterocycles. The average molecular weight is 172 g/mol. The van der Waals surface area contributed by atoms with Gasteiger partial charge in [0.2, 0.25) is 0 Å². The highest BCUT2D eigenvalue weighted by atomic mass is 16.6. The second-order valence-electron chi connectivity index (χ2n) is 3.46. The maximum atomic E-state index is 11.2. The minimum absolute atomic E-state index is 0.0194. The number of carbonyl (C=O) groups excluding carboxylic acids is 1. The third-order valence-corrected chi connectivity index (χ3v) is 2.62. The lowest BCUT2D eigenvalue weighted by Gasteiger charge is -2.26. The van der Waals surface area contributed by atoms with Gasteiger partial charge in [0, 0.05) is 0 Å². The van der Waals surface area contributed by atoms with Crippen molar-refractivity contribution in [3.8, 4) is 0 Å². The quantitative estimate of drug-likeness (QED) is 0.504. The van der Waals surface area contributed by atoms with Crippen LogP contribution in [0.1, 0.15) is 32.6 Å². The number of hydrogen-bond acceptors (Lipinski definition) is 3. The summed E-state index contributed by atoms with van der Waals surface area (Å²) in [6.07, 6.45) is 4.34. The molecule has 70 valence electrons. The topological polar surface area (TPSA) is 46.5 Å². The van der Waals surface area contributed by atoms with Gasteiger partial charge in [0.1, 0.15) is 0 Å². The van der Waals surface area contributed by atoms with Crippen LogP contribution in [0.25, 0.3) is 0 Å². The van der Waals surface area contributed by atoms with Crippen molar-refractivity contribution in [1.29, 1.82) is 0 Å². The molecule has 0 saturated heterocycles. The Morgan fingerprint density at radius 3 is 2.75 bits per heavy atom. The molecule has 1 rings (SSSR count). The molecule has 1 saturated carbocycles. The molecule has 3 heteroatoms. The molecule has 0 aromatic carbocycles. The van der Waals surface area contributed by atoms with Gasteiger partial charge in [-0.05, 0) is 18.8 Å². The molecule has 0 amide bonds. The first kappa shape index (κ1) is 9.52. The second-order valence-corrected chi connectivity index (χ2v) is 3.46. The number of ether oxygens (including phenoxy) is 1. The largest absolute Gasteiger partial charge is 0.438 e. The summed E-state index contributed by atoms with van der Waals surface area (Å²) in [5.74, 6) is 0.202. The second kappa shape index (κ2) is 4.45. The van der Waals surface area contributed by atoms with Crippen LogP contribution in [-0.4, -0.2) is 17.9 Å². The number of esters is 1. The first-order valence-corrected chi connectivity index (χ1v) is 4.53. The lowest BCUT2D eigenvalue weighted by atomic mass is 9.80. The fraction of sp³-hybridized carbons (Fsp3) is 0.889. The number of carbonyl (C=O) groups is 1. The first-order chi connectivity index (χ1) is 5.75. The van der Waals surface area contributed by atoms with Crippen LogP contribution in [0.4, 0.5) is 0 Å². The van der Waals surface area contributed by atoms with E-state index in [-0.39, 0.29) is 11.9 Å². The van der Waals surface area contributed by atoms with E-state index >= 15 is 0 Å². The van der Waals surface area contributed by atoms with Gasteiger partial charge in [-0.3, -0.25) is 4.79 Å². The van der Waals surface area contributed by atoms with Crippen LogP contribution < -0.4 is 0 Å². The highest BCUT2D eigenvalue weighted by Crippen LogP contribution is 2.30. The van der Waals surface area contributed by atoms with Crippen LogP contribution >= 0.6 is 0 Å². The van der Waals surface area contributed by atoms with E-state index in [4.69, 9.17) is 5.11 Å². The van der Waals surface area contributed by atoms with Gasteiger partial charge in [0.05, 0.1) is 5.92 Å². The molecule has 0 heterocycles. The molecule has 0 aromatic rings. The van der Waals surface area contributed by atoms with Crippen molar-refractivity contribution in [2.45, 2.75) is 32.6 Å². The van der Waals surface area contributed by atoms with Crippen LogP contribution in [0.5, 0.6) is 0 Å². The van der Waals surface area contributed by atoms with Gasteiger partial charge in [-0.1, -0.05) is 19.8 Å². The van der Waals surface area contributed by atoms with E-state index in [2.05, 4.69) is 11.7 Å². The van der Waals surface area contributed by atoms with E-state index in [0.29, 0.717) is 5.92 Å². The summed E-state index contributed by atoms with van der Waals surface area (Å²) in [7, 11) is 0. The number of hydrogen-bond donors (Lipinski definition) is 1. The van der Waals surface area contributed by atoms with Gasteiger partial charge in [0.15, 0.2) is 6.79 Å². The van der Waals surface area contributed by atoms with Crippen LogP contribution in [0.2, 0.25) is 0 Å². The minimum Gasteiger partial charge on any atom is -0.438 e. The summed E-state index contributed by atoms with van der Waals surface area (Å²) in [5.41, 5.74) is 0. The van der Waals surface area contributed by atoms with Crippen molar-refractivity contribution in [3.63, 3.8) is 0 Å². The maximum absolute atomic E-state index is 11.2. The molecule has 0 radical (unpaired) electrons. The molecule has 1 fully saturated rings. The zero-order valence-electron chi connectivity index (χ0n) is 7.45. The van der Waals surface area contributed by atoms with Gasteiger partial charge >= 0.3 is 5.97 Å². The fourth-order valence-corrected chi connectivity index (χ4v) is 1.84. The molecule has 3 nitrogen and oxygen atoms in total. The Bertz CT molecular complexity index is 156. The SMILES string of the molecule is CC1CCCCC1C(=O)OCO. The number of aliphatic hydroxyl groups excluding tert-OH is 1. The molecule has 1 aliphatic rings. The molecule has 2 atom stereocenters. The zero-order chi connectivity index (χ0) is 8.97. The Balaban J connectivity index is 2.42. The summed E-state index contributed by atoms with van der Waals surface area (Å²) in [5, 5.41) is 8.41. The Kier molecular flexibility index (Phi) is 3.53. The van der Waals surface area contributed by atoms with Crippen molar-refractivity contribution in [2.24, 2.45) is 11.8 Å². The summed E-state index contributed by atoms with van der Waals surface area (Å²) < 4.78 is 4.57. The van der Waals surface area contributed by atoms with E-state index in [0.717, 1.165) is 19.3 Å². The van der Waals surface area contributed by atoms with Crippen molar-refractivity contribution >= 4 is 5.97 Å². The third kappa shape index (κ3) is 2.21. The number of rotatable bonds is 2. The van der Waals surface area contributed by atoms with Crippen molar-refractivity contribution in [1.82, 2.24) is 0 Å². The molecule has 0 spiro atoms. The lowest BCUT2D eigenvalue weighted by molar-refractivity contribution is -0.159. The van der Waals surface area contributed by atoms with Crippen LogP contribution in [0, 0.1) is 11.8 Å². The minimum atomic E-state index is -0.484. The highest BCUT2D eigenvalue weighted by molar-refractivity contribution is 5.72. The summed E-state index contributed by atoms with van der Waals surface area (Å²) >= 11 is 0. The van der Waals surface area contributed by atoms with Crippen molar-refractivity contribution < 1.29 is 14.6 Å². The summed E-state index contributed by atoms with van der Waals surface area (Å²) in [4.78, 5) is 11.2. The first-order valence-electron chi connectivity index (χ1n) is 4.53. The molecule has 0 aromatic heterocycles. The van der Waals surface area contributed by atoms with Gasteiger partial charge in [0.25, 0.3) is 0 Å². The molecule has 0 bridgehead atoms. The Morgan fingerprint density at radius 2 is 2.17 bits per heavy atom. The van der Waals surface area contributed by atoms with E-state index in [1.807, 2.05) is 0 Å². The van der Waals surface area contributed by atoms with Crippen LogP contribution in [0.15, 0.2) is 0 Å². The summed E-state index contributed by atoms with van der Waals surface area (Å²) in [6, 6.07) is 0. The predicted molar refractivity (Wildman–Crippen MR) is 44.3 cm³/mol. The van der Waals surface area contributed by atoms with Gasteiger partial charge < -0.3 is 9.84 Å². The van der Waals surface area contributed by atoms with E-state index in [9.17, 15) is 4.79 Å². The predicted octanol–water partition coefficient (Wildman–Crippen LogP) is 1.31. The maximum Gasteiger partial charge on any atom is 0.311 e. The van der Waals surface area contributed by atoms with Crippen LogP contribution in [-0.2, 0) is 9.53 Å². The smallest absolute Gasteiger partial charge is 0.311 e. The van der Waals surface area contributed by atoms with E-state index < -0.39 is 6.79 Å². The number of aliphatic hydroxyl groups is 1. The Morgan fingerprint density at radius 1 is 1.50 bits per heavy atom. The normalized spacial score (nSPS) is 29.8. The molecule has 1 aliphatic carbocycles. The van der Waals surface area contributed by atoms with E-state index in [1.165, 1.54) is 6.42 Å². The standard InChI is InChI=1S/C9H16O3/c1-7-4-2-3-5-8(7)9(11)12-6-10/h7-8,10H,2-6H2,1H3. The summed E-state index contributed by atoms with van der Waals surface area (Å²) in [6.45, 7) is 1.59. The molecule has 12 heavy (non-hydrogen) atoms. The Labute approximate surface area is 72.7 Å². The molecule has 1 N–H and O–H groups in total. The molecular formula is C9H16O3. The average Bonchev–Trinajstić information content (AvgIpc) is 2.05. The fourth-order valence-electron chi connectivity index (χ4n) is 1.84. The Hall–Kier alpha value is -0.570. The highest BCUT2D eigenvalue weighted by Gasteiger charge is 2.28. The van der Waals surface area contributed by atoms with Crippen molar-refractivity contribution in [2.75, 3.05) is 6.79 Å². The lowest BCUT2D eigenvalue weighted by Crippen LogP contribution is -2.27. The molecular weight excluding hydrogens is 156 g/mol. The monoisotopic (exact) mass is 172 g/mol. The van der Waals surface area contributed by atoms with Gasteiger partial charge in [-0.25, -0.2) is 0 Å². The van der Waals surface area contributed by atoms with Gasteiger partial charge in [-0.15, -0.1) is 0 Å². The van der Waals surface area contributed by atoms with Crippen LogP contribution in [0.3, 0.4) is 0 Å².